The molecule has 0 saturated carbocycles. The van der Waals surface area contributed by atoms with E-state index in [4.69, 9.17) is 18.9 Å². The van der Waals surface area contributed by atoms with Gasteiger partial charge < -0.3 is 29.2 Å². The van der Waals surface area contributed by atoms with Crippen LogP contribution < -0.4 is 0 Å². The molecule has 3 rings (SSSR count). The van der Waals surface area contributed by atoms with E-state index in [0.717, 1.165) is 0 Å². The molecule has 9 nitrogen and oxygen atoms in total. The molecule has 0 aromatic heterocycles. The predicted octanol–water partition coefficient (Wildman–Crippen LogP) is 1.80. The van der Waals surface area contributed by atoms with Crippen LogP contribution in [0.2, 0.25) is 0 Å². The van der Waals surface area contributed by atoms with Crippen LogP contribution in [0, 0.1) is 17.8 Å². The van der Waals surface area contributed by atoms with Gasteiger partial charge in [-0.25, -0.2) is 9.59 Å². The molecule has 0 radical (unpaired) electrons. The van der Waals surface area contributed by atoms with Gasteiger partial charge in [-0.3, -0.25) is 4.79 Å². The predicted molar refractivity (Wildman–Crippen MR) is 115 cm³/mol. The standard InChI is InChI=1S/C24H34O9/c1-8-12(4)21(26)31-18-16-14(6)22(27)30-17(16)19(32-20(25)11(2)3)23(7,28)10-15-9-13(5)24(18,29)33-15/h8,11,13,15-19,28-29H,6,9-10H2,1-5,7H3/t13-,15-,16+,17+,18-,19-,23+,24+/m0/s1. The SMILES string of the molecule is C=C1C(=O)O[C@@H]2[C@@H]1[C@H](OC(=O)C(C)=CC)[C@]1(O)O[C@@H](C[C@@H]1C)C[C@@](C)(O)[C@H]2OC(=O)C(C)C. The largest absolute Gasteiger partial charge is 0.455 e. The molecule has 2 N–H and O–H groups in total. The number of hydrogen-bond acceptors (Lipinski definition) is 9. The Bertz CT molecular complexity index is 873. The third-order valence-electron chi connectivity index (χ3n) is 6.93. The molecule has 3 aliphatic heterocycles. The Balaban J connectivity index is 2.16. The fourth-order valence-electron chi connectivity index (χ4n) is 4.81. The Hall–Kier alpha value is -2.23. The van der Waals surface area contributed by atoms with Crippen LogP contribution in [0.5, 0.6) is 0 Å². The lowest BCUT2D eigenvalue weighted by Crippen LogP contribution is -2.58. The van der Waals surface area contributed by atoms with Crippen LogP contribution in [-0.2, 0) is 33.3 Å². The summed E-state index contributed by atoms with van der Waals surface area (Å²) in [7, 11) is 0. The van der Waals surface area contributed by atoms with Crippen molar-refractivity contribution in [2.75, 3.05) is 0 Å². The first-order chi connectivity index (χ1) is 15.2. The molecule has 3 aliphatic rings. The van der Waals surface area contributed by atoms with Crippen LogP contribution in [0.1, 0.15) is 54.4 Å². The van der Waals surface area contributed by atoms with Gasteiger partial charge in [0.05, 0.1) is 17.9 Å². The Morgan fingerprint density at radius 2 is 1.88 bits per heavy atom. The summed E-state index contributed by atoms with van der Waals surface area (Å²) >= 11 is 0. The summed E-state index contributed by atoms with van der Waals surface area (Å²) in [5.74, 6) is -6.18. The van der Waals surface area contributed by atoms with Gasteiger partial charge in [-0.2, -0.15) is 0 Å². The second kappa shape index (κ2) is 8.85. The van der Waals surface area contributed by atoms with E-state index in [2.05, 4.69) is 6.58 Å². The molecular formula is C24H34O9. The molecule has 0 amide bonds. The van der Waals surface area contributed by atoms with Gasteiger partial charge in [0.2, 0.25) is 5.79 Å². The van der Waals surface area contributed by atoms with Gasteiger partial charge in [0, 0.05) is 23.5 Å². The number of hydrogen-bond donors (Lipinski definition) is 2. The summed E-state index contributed by atoms with van der Waals surface area (Å²) in [6, 6.07) is 0. The summed E-state index contributed by atoms with van der Waals surface area (Å²) in [6.45, 7) is 13.5. The molecule has 3 heterocycles. The van der Waals surface area contributed by atoms with Crippen molar-refractivity contribution in [3.8, 4) is 0 Å². The van der Waals surface area contributed by atoms with E-state index in [0.29, 0.717) is 12.0 Å². The smallest absolute Gasteiger partial charge is 0.334 e. The van der Waals surface area contributed by atoms with E-state index in [9.17, 15) is 24.6 Å². The molecule has 0 aromatic carbocycles. The number of ether oxygens (including phenoxy) is 4. The van der Waals surface area contributed by atoms with E-state index in [-0.39, 0.29) is 12.0 Å². The van der Waals surface area contributed by atoms with Crippen LogP contribution >= 0.6 is 0 Å². The van der Waals surface area contributed by atoms with Crippen LogP contribution in [0.4, 0.5) is 0 Å². The van der Waals surface area contributed by atoms with Gasteiger partial charge in [0.25, 0.3) is 0 Å². The van der Waals surface area contributed by atoms with Crippen molar-refractivity contribution >= 4 is 17.9 Å². The van der Waals surface area contributed by atoms with E-state index in [1.165, 1.54) is 6.92 Å². The van der Waals surface area contributed by atoms with Gasteiger partial charge in [-0.15, -0.1) is 0 Å². The topological polar surface area (TPSA) is 129 Å². The Labute approximate surface area is 193 Å². The number of carbonyl (C=O) groups is 3. The van der Waals surface area contributed by atoms with Crippen molar-refractivity contribution < 1.29 is 43.5 Å². The third kappa shape index (κ3) is 4.46. The molecule has 0 unspecified atom stereocenters. The minimum atomic E-state index is -1.97. The Kier molecular flexibility index (Phi) is 6.81. The quantitative estimate of drug-likeness (QED) is 0.362. The van der Waals surface area contributed by atoms with Gasteiger partial charge in [0.15, 0.2) is 18.3 Å². The lowest BCUT2D eigenvalue weighted by atomic mass is 9.75. The first-order valence-electron chi connectivity index (χ1n) is 11.3. The molecule has 3 fully saturated rings. The highest BCUT2D eigenvalue weighted by Crippen LogP contribution is 2.50. The molecule has 9 heteroatoms. The lowest BCUT2D eigenvalue weighted by Gasteiger charge is -2.41. The number of rotatable bonds is 4. The molecule has 33 heavy (non-hydrogen) atoms. The van der Waals surface area contributed by atoms with E-state index < -0.39 is 71.5 Å². The zero-order valence-electron chi connectivity index (χ0n) is 20.0. The molecule has 8 atom stereocenters. The average molecular weight is 467 g/mol. The normalized spacial score (nSPS) is 41.1. The molecule has 0 aromatic rings. The molecule has 184 valence electrons. The summed E-state index contributed by atoms with van der Waals surface area (Å²) < 4.78 is 22.9. The number of esters is 3. The minimum Gasteiger partial charge on any atom is -0.455 e. The minimum absolute atomic E-state index is 0.00248. The maximum atomic E-state index is 12.8. The van der Waals surface area contributed by atoms with Crippen LogP contribution in [0.25, 0.3) is 0 Å². The van der Waals surface area contributed by atoms with Crippen molar-refractivity contribution in [3.63, 3.8) is 0 Å². The molecule has 0 spiro atoms. The molecular weight excluding hydrogens is 432 g/mol. The monoisotopic (exact) mass is 466 g/mol. The first kappa shape index (κ1) is 25.4. The summed E-state index contributed by atoms with van der Waals surface area (Å²) in [5, 5.41) is 23.1. The van der Waals surface area contributed by atoms with Crippen LogP contribution in [0.3, 0.4) is 0 Å². The van der Waals surface area contributed by atoms with E-state index >= 15 is 0 Å². The second-order valence-corrected chi connectivity index (χ2v) is 9.92. The number of carbonyl (C=O) groups excluding carboxylic acids is 3. The van der Waals surface area contributed by atoms with Gasteiger partial charge >= 0.3 is 17.9 Å². The zero-order valence-corrected chi connectivity index (χ0v) is 20.0. The van der Waals surface area contributed by atoms with Gasteiger partial charge in [-0.05, 0) is 27.2 Å². The number of allylic oxidation sites excluding steroid dienone is 1. The van der Waals surface area contributed by atoms with Gasteiger partial charge in [-0.1, -0.05) is 33.4 Å². The fraction of sp³-hybridized carbons (Fsp3) is 0.708. The highest BCUT2D eigenvalue weighted by Gasteiger charge is 2.65. The third-order valence-corrected chi connectivity index (χ3v) is 6.93. The van der Waals surface area contributed by atoms with Gasteiger partial charge in [0.1, 0.15) is 5.60 Å². The van der Waals surface area contributed by atoms with Crippen molar-refractivity contribution in [2.24, 2.45) is 17.8 Å². The Morgan fingerprint density at radius 3 is 2.45 bits per heavy atom. The molecule has 0 aliphatic carbocycles. The van der Waals surface area contributed by atoms with Crippen molar-refractivity contribution in [2.45, 2.75) is 90.2 Å². The maximum Gasteiger partial charge on any atom is 0.334 e. The summed E-state index contributed by atoms with van der Waals surface area (Å²) in [4.78, 5) is 37.9. The summed E-state index contributed by atoms with van der Waals surface area (Å²) in [6.07, 6.45) is -2.64. The molecule has 2 bridgehead atoms. The summed E-state index contributed by atoms with van der Waals surface area (Å²) in [5.41, 5.74) is -1.44. The first-order valence-corrected chi connectivity index (χ1v) is 11.3. The number of aliphatic hydroxyl groups is 2. The lowest BCUT2D eigenvalue weighted by molar-refractivity contribution is -0.277. The molecule has 3 saturated heterocycles. The van der Waals surface area contributed by atoms with Crippen molar-refractivity contribution in [3.05, 3.63) is 23.8 Å². The fourth-order valence-corrected chi connectivity index (χ4v) is 4.81. The maximum absolute atomic E-state index is 12.8. The second-order valence-electron chi connectivity index (χ2n) is 9.92. The Morgan fingerprint density at radius 1 is 1.24 bits per heavy atom. The van der Waals surface area contributed by atoms with Crippen LogP contribution in [0.15, 0.2) is 23.8 Å². The highest BCUT2D eigenvalue weighted by atomic mass is 16.7. The van der Waals surface area contributed by atoms with E-state index in [1.54, 1.807) is 40.7 Å². The average Bonchev–Trinajstić information content (AvgIpc) is 3.17. The van der Waals surface area contributed by atoms with Crippen molar-refractivity contribution in [1.29, 1.82) is 0 Å². The number of fused-ring (bicyclic) bond motifs is 3. The van der Waals surface area contributed by atoms with E-state index in [1.807, 2.05) is 0 Å². The highest BCUT2D eigenvalue weighted by molar-refractivity contribution is 5.92. The van der Waals surface area contributed by atoms with Crippen molar-refractivity contribution in [1.82, 2.24) is 0 Å². The zero-order chi connectivity index (χ0) is 24.9. The van der Waals surface area contributed by atoms with Crippen LogP contribution in [-0.4, -0.2) is 63.9 Å².